The summed E-state index contributed by atoms with van der Waals surface area (Å²) in [6.07, 6.45) is -2.69. The normalized spacial score (nSPS) is 11.7. The number of rotatable bonds is 4. The van der Waals surface area contributed by atoms with Crippen molar-refractivity contribution in [3.05, 3.63) is 64.8 Å². The highest BCUT2D eigenvalue weighted by Crippen LogP contribution is 2.34. The van der Waals surface area contributed by atoms with E-state index in [0.29, 0.717) is 10.8 Å². The van der Waals surface area contributed by atoms with Crippen molar-refractivity contribution in [2.45, 2.75) is 18.3 Å². The Morgan fingerprint density at radius 1 is 1.12 bits per heavy atom. The number of hydrogen-bond donors (Lipinski definition) is 0. The summed E-state index contributed by atoms with van der Waals surface area (Å²) in [5.41, 5.74) is 1.41. The molecular weight excluding hydrogens is 413 g/mol. The Hall–Kier alpha value is -1.73. The molecule has 0 radical (unpaired) electrons. The molecule has 2 nitrogen and oxygen atoms in total. The van der Waals surface area contributed by atoms with Gasteiger partial charge in [-0.2, -0.15) is 13.2 Å². The summed E-state index contributed by atoms with van der Waals surface area (Å²) in [4.78, 5) is 4.41. The molecule has 130 valence electrons. The monoisotopic (exact) mass is 426 g/mol. The summed E-state index contributed by atoms with van der Waals surface area (Å²) in [6.45, 7) is 1.98. The molecule has 0 N–H and O–H groups in total. The molecule has 0 spiro atoms. The van der Waals surface area contributed by atoms with E-state index in [1.807, 2.05) is 31.2 Å². The predicted molar refractivity (Wildman–Crippen MR) is 98.1 cm³/mol. The second-order valence-corrected chi connectivity index (χ2v) is 7.40. The van der Waals surface area contributed by atoms with E-state index >= 15 is 0 Å². The number of benzene rings is 2. The van der Waals surface area contributed by atoms with Crippen LogP contribution in [-0.2, 0) is 6.18 Å². The SMILES string of the molecule is CCSc1ncc(-c2ccc(Br)cc2)n1-c1cccc(C(F)(F)F)c1. The van der Waals surface area contributed by atoms with Crippen molar-refractivity contribution in [1.29, 1.82) is 0 Å². The molecule has 0 atom stereocenters. The minimum Gasteiger partial charge on any atom is -0.287 e. The Labute approximate surface area is 156 Å². The molecule has 7 heteroatoms. The first-order valence-electron chi connectivity index (χ1n) is 7.54. The quantitative estimate of drug-likeness (QED) is 0.447. The molecule has 1 aromatic heterocycles. The van der Waals surface area contributed by atoms with Crippen LogP contribution in [0.5, 0.6) is 0 Å². The van der Waals surface area contributed by atoms with E-state index in [1.54, 1.807) is 16.8 Å². The van der Waals surface area contributed by atoms with Crippen molar-refractivity contribution in [2.75, 3.05) is 5.75 Å². The Morgan fingerprint density at radius 2 is 1.84 bits per heavy atom. The standard InChI is InChI=1S/C18H14BrF3N2S/c1-2-25-17-23-11-16(12-6-8-14(19)9-7-12)24(17)15-5-3-4-13(10-15)18(20,21)22/h3-11H,2H2,1H3. The molecule has 0 aliphatic carbocycles. The lowest BCUT2D eigenvalue weighted by molar-refractivity contribution is -0.137. The van der Waals surface area contributed by atoms with Crippen LogP contribution in [0, 0.1) is 0 Å². The van der Waals surface area contributed by atoms with Gasteiger partial charge < -0.3 is 0 Å². The van der Waals surface area contributed by atoms with Gasteiger partial charge in [0.15, 0.2) is 5.16 Å². The fraction of sp³-hybridized carbons (Fsp3) is 0.167. The summed E-state index contributed by atoms with van der Waals surface area (Å²) in [6, 6.07) is 12.9. The average molecular weight is 427 g/mol. The molecule has 25 heavy (non-hydrogen) atoms. The number of thioether (sulfide) groups is 1. The van der Waals surface area contributed by atoms with Crippen LogP contribution >= 0.6 is 27.7 Å². The lowest BCUT2D eigenvalue weighted by atomic mass is 10.1. The first kappa shape index (κ1) is 18.1. The number of hydrogen-bond acceptors (Lipinski definition) is 2. The Bertz CT molecular complexity index is 873. The van der Waals surface area contributed by atoms with Gasteiger partial charge >= 0.3 is 6.18 Å². The van der Waals surface area contributed by atoms with Crippen LogP contribution in [-0.4, -0.2) is 15.3 Å². The fourth-order valence-electron chi connectivity index (χ4n) is 2.46. The van der Waals surface area contributed by atoms with Gasteiger partial charge in [0.1, 0.15) is 0 Å². The predicted octanol–water partition coefficient (Wildman–Crippen LogP) is 6.43. The molecule has 0 saturated carbocycles. The van der Waals surface area contributed by atoms with Gasteiger partial charge in [0, 0.05) is 15.7 Å². The summed E-state index contributed by atoms with van der Waals surface area (Å²) in [5.74, 6) is 0.774. The molecule has 0 aliphatic heterocycles. The van der Waals surface area contributed by atoms with E-state index in [9.17, 15) is 13.2 Å². The second-order valence-electron chi connectivity index (χ2n) is 5.25. The van der Waals surface area contributed by atoms with Crippen LogP contribution in [0.3, 0.4) is 0 Å². The van der Waals surface area contributed by atoms with E-state index in [2.05, 4.69) is 20.9 Å². The first-order valence-corrected chi connectivity index (χ1v) is 9.32. The van der Waals surface area contributed by atoms with E-state index in [-0.39, 0.29) is 0 Å². The van der Waals surface area contributed by atoms with Gasteiger partial charge in [-0.3, -0.25) is 4.57 Å². The highest BCUT2D eigenvalue weighted by atomic mass is 79.9. The zero-order valence-corrected chi connectivity index (χ0v) is 15.6. The Balaban J connectivity index is 2.17. The van der Waals surface area contributed by atoms with Crippen molar-refractivity contribution in [2.24, 2.45) is 0 Å². The summed E-state index contributed by atoms with van der Waals surface area (Å²) < 4.78 is 42.0. The van der Waals surface area contributed by atoms with Gasteiger partial charge in [0.25, 0.3) is 0 Å². The molecule has 0 fully saturated rings. The molecule has 3 aromatic rings. The van der Waals surface area contributed by atoms with E-state index in [4.69, 9.17) is 0 Å². The molecule has 0 unspecified atom stereocenters. The maximum atomic E-state index is 13.1. The number of halogens is 4. The molecule has 0 saturated heterocycles. The molecule has 3 rings (SSSR count). The second kappa shape index (κ2) is 7.25. The third-order valence-corrected chi connectivity index (χ3v) is 4.94. The van der Waals surface area contributed by atoms with Crippen LogP contribution in [0.25, 0.3) is 16.9 Å². The maximum absolute atomic E-state index is 13.1. The molecule has 0 bridgehead atoms. The van der Waals surface area contributed by atoms with Gasteiger partial charge in [-0.25, -0.2) is 4.98 Å². The Kier molecular flexibility index (Phi) is 5.24. The zero-order valence-electron chi connectivity index (χ0n) is 13.2. The fourth-order valence-corrected chi connectivity index (χ4v) is 3.44. The summed E-state index contributed by atoms with van der Waals surface area (Å²) in [5, 5.41) is 0.666. The summed E-state index contributed by atoms with van der Waals surface area (Å²) >= 11 is 4.88. The van der Waals surface area contributed by atoms with Crippen LogP contribution in [0.1, 0.15) is 12.5 Å². The van der Waals surface area contributed by atoms with Gasteiger partial charge in [-0.1, -0.05) is 52.8 Å². The molecule has 0 amide bonds. The van der Waals surface area contributed by atoms with Crippen molar-refractivity contribution >= 4 is 27.7 Å². The third-order valence-electron chi connectivity index (χ3n) is 3.57. The van der Waals surface area contributed by atoms with Gasteiger partial charge in [-0.15, -0.1) is 0 Å². The minimum atomic E-state index is -4.38. The number of aromatic nitrogens is 2. The van der Waals surface area contributed by atoms with Gasteiger partial charge in [-0.05, 0) is 36.1 Å². The van der Waals surface area contributed by atoms with Crippen molar-refractivity contribution in [3.63, 3.8) is 0 Å². The lowest BCUT2D eigenvalue weighted by Crippen LogP contribution is -2.07. The zero-order chi connectivity index (χ0) is 18.0. The first-order chi connectivity index (χ1) is 11.9. The van der Waals surface area contributed by atoms with E-state index in [1.165, 1.54) is 17.8 Å². The highest BCUT2D eigenvalue weighted by molar-refractivity contribution is 9.10. The van der Waals surface area contributed by atoms with Crippen molar-refractivity contribution in [1.82, 2.24) is 9.55 Å². The number of nitrogens with zero attached hydrogens (tertiary/aromatic N) is 2. The highest BCUT2D eigenvalue weighted by Gasteiger charge is 2.30. The van der Waals surface area contributed by atoms with Crippen molar-refractivity contribution < 1.29 is 13.2 Å². The number of alkyl halides is 3. The van der Waals surface area contributed by atoms with Crippen LogP contribution in [0.15, 0.2) is 64.4 Å². The van der Waals surface area contributed by atoms with Crippen LogP contribution in [0.4, 0.5) is 13.2 Å². The van der Waals surface area contributed by atoms with Gasteiger partial charge in [0.05, 0.1) is 17.5 Å². The van der Waals surface area contributed by atoms with E-state index < -0.39 is 11.7 Å². The lowest BCUT2D eigenvalue weighted by Gasteiger charge is -2.14. The molecule has 2 aromatic carbocycles. The molecular formula is C18H14BrF3N2S. The minimum absolute atomic E-state index is 0.446. The van der Waals surface area contributed by atoms with Crippen LogP contribution in [0.2, 0.25) is 0 Å². The van der Waals surface area contributed by atoms with E-state index in [0.717, 1.165) is 33.6 Å². The topological polar surface area (TPSA) is 17.8 Å². The van der Waals surface area contributed by atoms with Crippen molar-refractivity contribution in [3.8, 4) is 16.9 Å². The Morgan fingerprint density at radius 3 is 2.48 bits per heavy atom. The van der Waals surface area contributed by atoms with Crippen LogP contribution < -0.4 is 0 Å². The van der Waals surface area contributed by atoms with Gasteiger partial charge in [0.2, 0.25) is 0 Å². The average Bonchev–Trinajstić information content (AvgIpc) is 2.99. The third kappa shape index (κ3) is 3.93. The smallest absolute Gasteiger partial charge is 0.287 e. The largest absolute Gasteiger partial charge is 0.416 e. The number of imidazole rings is 1. The summed E-state index contributed by atoms with van der Waals surface area (Å²) in [7, 11) is 0. The maximum Gasteiger partial charge on any atom is 0.416 e. The molecule has 0 aliphatic rings. The molecule has 1 heterocycles.